The fraction of sp³-hybridized carbons (Fsp3) is 0.188. The van der Waals surface area contributed by atoms with Gasteiger partial charge in [-0.25, -0.2) is 0 Å². The number of alkyl halides is 3. The third-order valence-electron chi connectivity index (χ3n) is 3.34. The fourth-order valence-electron chi connectivity index (χ4n) is 2.16. The third-order valence-corrected chi connectivity index (χ3v) is 3.34. The molecule has 0 saturated carbocycles. The Hall–Kier alpha value is -2.90. The molecule has 1 aromatic carbocycles. The van der Waals surface area contributed by atoms with Gasteiger partial charge >= 0.3 is 6.18 Å². The van der Waals surface area contributed by atoms with Gasteiger partial charge in [-0.05, 0) is 23.8 Å². The molecule has 126 valence electrons. The van der Waals surface area contributed by atoms with Crippen molar-refractivity contribution < 1.29 is 22.8 Å². The Kier molecular flexibility index (Phi) is 5.18. The highest BCUT2D eigenvalue weighted by molar-refractivity contribution is 5.97. The van der Waals surface area contributed by atoms with E-state index in [0.29, 0.717) is 0 Å². The van der Waals surface area contributed by atoms with Gasteiger partial charge in [0.2, 0.25) is 5.91 Å². The number of pyridine rings is 1. The van der Waals surface area contributed by atoms with Crippen LogP contribution in [-0.2, 0) is 17.4 Å². The van der Waals surface area contributed by atoms with Gasteiger partial charge in [0.15, 0.2) is 0 Å². The summed E-state index contributed by atoms with van der Waals surface area (Å²) >= 11 is 0. The summed E-state index contributed by atoms with van der Waals surface area (Å²) in [6.45, 7) is 0. The van der Waals surface area contributed by atoms with E-state index in [9.17, 15) is 22.8 Å². The summed E-state index contributed by atoms with van der Waals surface area (Å²) in [5.41, 5.74) is 4.46. The summed E-state index contributed by atoms with van der Waals surface area (Å²) in [4.78, 5) is 27.4. The highest BCUT2D eigenvalue weighted by Crippen LogP contribution is 2.32. The molecule has 0 aliphatic rings. The molecule has 0 spiro atoms. The molecule has 1 aromatic heterocycles. The zero-order valence-corrected chi connectivity index (χ0v) is 12.4. The van der Waals surface area contributed by atoms with E-state index in [-0.39, 0.29) is 17.5 Å². The SMILES string of the molecule is NC(=O)[C@@H](Cc1ccccc1C(F)(F)F)NC(=O)c1ccncc1. The van der Waals surface area contributed by atoms with Crippen molar-refractivity contribution in [3.8, 4) is 0 Å². The van der Waals surface area contributed by atoms with Crippen molar-refractivity contribution in [3.05, 3.63) is 65.5 Å². The summed E-state index contributed by atoms with van der Waals surface area (Å²) in [5, 5.41) is 2.35. The fourth-order valence-corrected chi connectivity index (χ4v) is 2.16. The number of hydrogen-bond acceptors (Lipinski definition) is 3. The van der Waals surface area contributed by atoms with Gasteiger partial charge in [-0.15, -0.1) is 0 Å². The van der Waals surface area contributed by atoms with Crippen LogP contribution in [0.2, 0.25) is 0 Å². The highest BCUT2D eigenvalue weighted by Gasteiger charge is 2.34. The Morgan fingerprint density at radius 3 is 2.33 bits per heavy atom. The summed E-state index contributed by atoms with van der Waals surface area (Å²) in [6, 6.07) is 6.40. The minimum atomic E-state index is -4.56. The lowest BCUT2D eigenvalue weighted by atomic mass is 9.99. The van der Waals surface area contributed by atoms with E-state index in [2.05, 4.69) is 10.3 Å². The molecule has 0 radical (unpaired) electrons. The maximum absolute atomic E-state index is 13.0. The molecule has 24 heavy (non-hydrogen) atoms. The molecule has 8 heteroatoms. The number of amides is 2. The Bertz CT molecular complexity index is 733. The first-order valence-corrected chi connectivity index (χ1v) is 6.94. The molecule has 0 unspecified atom stereocenters. The van der Waals surface area contributed by atoms with Crippen LogP contribution in [0.5, 0.6) is 0 Å². The zero-order valence-electron chi connectivity index (χ0n) is 12.4. The van der Waals surface area contributed by atoms with E-state index in [1.165, 1.54) is 42.7 Å². The maximum atomic E-state index is 13.0. The average molecular weight is 337 g/mol. The van der Waals surface area contributed by atoms with Crippen LogP contribution in [0.1, 0.15) is 21.5 Å². The van der Waals surface area contributed by atoms with E-state index in [1.54, 1.807) is 0 Å². The maximum Gasteiger partial charge on any atom is 0.416 e. The van der Waals surface area contributed by atoms with Gasteiger partial charge in [0, 0.05) is 24.4 Å². The molecule has 0 bridgehead atoms. The Morgan fingerprint density at radius 2 is 1.75 bits per heavy atom. The predicted molar refractivity (Wildman–Crippen MR) is 79.8 cm³/mol. The van der Waals surface area contributed by atoms with Gasteiger partial charge < -0.3 is 11.1 Å². The molecule has 2 aromatic rings. The van der Waals surface area contributed by atoms with Crippen molar-refractivity contribution in [2.24, 2.45) is 5.73 Å². The molecule has 3 N–H and O–H groups in total. The topological polar surface area (TPSA) is 85.1 Å². The van der Waals surface area contributed by atoms with Crippen molar-refractivity contribution >= 4 is 11.8 Å². The second-order valence-corrected chi connectivity index (χ2v) is 5.02. The summed E-state index contributed by atoms with van der Waals surface area (Å²) in [7, 11) is 0. The van der Waals surface area contributed by atoms with Crippen LogP contribution in [0.4, 0.5) is 13.2 Å². The number of nitrogens with one attached hydrogen (secondary N) is 1. The van der Waals surface area contributed by atoms with E-state index in [1.807, 2.05) is 0 Å². The van der Waals surface area contributed by atoms with Gasteiger partial charge in [0.1, 0.15) is 6.04 Å². The van der Waals surface area contributed by atoms with Crippen LogP contribution in [-0.4, -0.2) is 22.8 Å². The Labute approximate surface area is 135 Å². The minimum Gasteiger partial charge on any atom is -0.368 e. The average Bonchev–Trinajstić information content (AvgIpc) is 2.54. The second-order valence-electron chi connectivity index (χ2n) is 5.02. The molecular formula is C16H14F3N3O2. The lowest BCUT2D eigenvalue weighted by molar-refractivity contribution is -0.138. The number of benzene rings is 1. The van der Waals surface area contributed by atoms with Crippen molar-refractivity contribution in [2.75, 3.05) is 0 Å². The van der Waals surface area contributed by atoms with Gasteiger partial charge in [-0.2, -0.15) is 13.2 Å². The first kappa shape index (κ1) is 17.5. The molecule has 5 nitrogen and oxygen atoms in total. The highest BCUT2D eigenvalue weighted by atomic mass is 19.4. The van der Waals surface area contributed by atoms with Crippen LogP contribution >= 0.6 is 0 Å². The van der Waals surface area contributed by atoms with E-state index < -0.39 is 29.6 Å². The van der Waals surface area contributed by atoms with Crippen molar-refractivity contribution in [1.82, 2.24) is 10.3 Å². The number of rotatable bonds is 5. The lowest BCUT2D eigenvalue weighted by Gasteiger charge is -2.18. The molecular weight excluding hydrogens is 323 g/mol. The smallest absolute Gasteiger partial charge is 0.368 e. The normalized spacial score (nSPS) is 12.5. The number of aromatic nitrogens is 1. The van der Waals surface area contributed by atoms with Crippen LogP contribution in [0.25, 0.3) is 0 Å². The van der Waals surface area contributed by atoms with E-state index in [0.717, 1.165) is 6.07 Å². The quantitative estimate of drug-likeness (QED) is 0.874. The number of carbonyl (C=O) groups excluding carboxylic acids is 2. The van der Waals surface area contributed by atoms with Crippen molar-refractivity contribution in [1.29, 1.82) is 0 Å². The predicted octanol–water partition coefficient (Wildman–Crippen LogP) is 1.93. The molecule has 0 aliphatic carbocycles. The summed E-state index contributed by atoms with van der Waals surface area (Å²) in [6.07, 6.45) is -2.16. The number of nitrogens with two attached hydrogens (primary N) is 1. The van der Waals surface area contributed by atoms with Crippen LogP contribution in [0.3, 0.4) is 0 Å². The number of carbonyl (C=O) groups is 2. The van der Waals surface area contributed by atoms with E-state index in [4.69, 9.17) is 5.73 Å². The molecule has 0 fully saturated rings. The summed E-state index contributed by atoms with van der Waals surface area (Å²) < 4.78 is 39.1. The Balaban J connectivity index is 2.22. The number of primary amides is 1. The monoisotopic (exact) mass is 337 g/mol. The van der Waals surface area contributed by atoms with Crippen LogP contribution in [0.15, 0.2) is 48.8 Å². The van der Waals surface area contributed by atoms with Gasteiger partial charge in [-0.3, -0.25) is 14.6 Å². The third kappa shape index (κ3) is 4.31. The molecule has 2 amide bonds. The van der Waals surface area contributed by atoms with Crippen LogP contribution < -0.4 is 11.1 Å². The lowest BCUT2D eigenvalue weighted by Crippen LogP contribution is -2.46. The van der Waals surface area contributed by atoms with Crippen molar-refractivity contribution in [3.63, 3.8) is 0 Å². The van der Waals surface area contributed by atoms with Gasteiger partial charge in [-0.1, -0.05) is 18.2 Å². The molecule has 0 aliphatic heterocycles. The number of hydrogen-bond donors (Lipinski definition) is 2. The number of nitrogens with zero attached hydrogens (tertiary/aromatic N) is 1. The number of halogens is 3. The van der Waals surface area contributed by atoms with Gasteiger partial charge in [0.05, 0.1) is 5.56 Å². The minimum absolute atomic E-state index is 0.121. The molecule has 1 heterocycles. The first-order chi connectivity index (χ1) is 11.3. The second kappa shape index (κ2) is 7.12. The molecule has 0 saturated heterocycles. The van der Waals surface area contributed by atoms with E-state index >= 15 is 0 Å². The Morgan fingerprint density at radius 1 is 1.12 bits per heavy atom. The molecule has 2 rings (SSSR count). The largest absolute Gasteiger partial charge is 0.416 e. The first-order valence-electron chi connectivity index (χ1n) is 6.94. The van der Waals surface area contributed by atoms with Crippen LogP contribution in [0, 0.1) is 0 Å². The van der Waals surface area contributed by atoms with Crippen molar-refractivity contribution in [2.45, 2.75) is 18.6 Å². The zero-order chi connectivity index (χ0) is 17.7. The summed E-state index contributed by atoms with van der Waals surface area (Å²) in [5.74, 6) is -1.54. The standard InChI is InChI=1S/C16H14F3N3O2/c17-16(18,19)12-4-2-1-3-11(12)9-13(14(20)23)22-15(24)10-5-7-21-8-6-10/h1-8,13H,9H2,(H2,20,23)(H,22,24)/t13-/m1/s1. The molecule has 1 atom stereocenters. The van der Waals surface area contributed by atoms with Gasteiger partial charge in [0.25, 0.3) is 5.91 Å².